The molecule has 310 valence electrons. The molecule has 2 aliphatic heterocycles. The zero-order valence-electron chi connectivity index (χ0n) is 32.5. The molecular formula is C46H35IN6O5S4. The van der Waals surface area contributed by atoms with Crippen molar-refractivity contribution < 1.29 is 24.3 Å². The molecular weight excluding hydrogens is 972 g/mol. The zero-order valence-corrected chi connectivity index (χ0v) is 37.9. The minimum absolute atomic E-state index is 0.0877. The van der Waals surface area contributed by atoms with Crippen LogP contribution in [-0.4, -0.2) is 54.2 Å². The summed E-state index contributed by atoms with van der Waals surface area (Å²) < 4.78 is 2.34. The van der Waals surface area contributed by atoms with Crippen LogP contribution in [0.3, 0.4) is 0 Å². The van der Waals surface area contributed by atoms with Gasteiger partial charge in [0.1, 0.15) is 28.9 Å². The number of halogens is 1. The Balaban J connectivity index is 1.08. The van der Waals surface area contributed by atoms with Gasteiger partial charge in [0.25, 0.3) is 5.91 Å². The van der Waals surface area contributed by atoms with Gasteiger partial charge < -0.3 is 20.6 Å². The number of nitrogens with one attached hydrogen (secondary N) is 2. The Morgan fingerprint density at radius 1 is 0.871 bits per heavy atom. The van der Waals surface area contributed by atoms with E-state index in [1.54, 1.807) is 5.38 Å². The third-order valence-electron chi connectivity index (χ3n) is 10.3. The number of hydrogen-bond donors (Lipinski definition) is 3. The van der Waals surface area contributed by atoms with E-state index in [1.165, 1.54) is 39.3 Å². The van der Waals surface area contributed by atoms with Gasteiger partial charge in [0.05, 0.1) is 26.9 Å². The van der Waals surface area contributed by atoms with E-state index in [9.17, 15) is 19.5 Å². The number of aliphatic carboxylic acids is 1. The van der Waals surface area contributed by atoms with Crippen LogP contribution in [0, 0.1) is 0 Å². The largest absolute Gasteiger partial charge is 0.477 e. The fourth-order valence-electron chi connectivity index (χ4n) is 7.33. The van der Waals surface area contributed by atoms with E-state index >= 15 is 0 Å². The van der Waals surface area contributed by atoms with E-state index in [4.69, 9.17) is 14.8 Å². The fourth-order valence-corrected chi connectivity index (χ4v) is 12.3. The highest BCUT2D eigenvalue weighted by molar-refractivity contribution is 14.1. The Kier molecular flexibility index (Phi) is 12.4. The number of β-lactam (4-membered cyclic amide) rings is 1. The first-order valence-electron chi connectivity index (χ1n) is 19.3. The molecule has 2 aliphatic rings. The molecule has 3 N–H and O–H groups in total. The molecule has 2 amide bonds. The number of carbonyl (C=O) groups excluding carboxylic acids is 2. The van der Waals surface area contributed by atoms with E-state index in [1.807, 2.05) is 103 Å². The van der Waals surface area contributed by atoms with Gasteiger partial charge in [-0.1, -0.05) is 167 Å². The summed E-state index contributed by atoms with van der Waals surface area (Å²) in [6.07, 6.45) is 0.139. The van der Waals surface area contributed by atoms with Gasteiger partial charge in [0, 0.05) is 9.81 Å². The van der Waals surface area contributed by atoms with Crippen molar-refractivity contribution in [3.05, 3.63) is 189 Å². The van der Waals surface area contributed by atoms with E-state index in [0.29, 0.717) is 9.47 Å². The Bertz CT molecular complexity index is 2730. The molecule has 0 spiro atoms. The molecule has 1 unspecified atom stereocenters. The third-order valence-corrected chi connectivity index (χ3v) is 15.6. The van der Waals surface area contributed by atoms with Crippen LogP contribution in [0.4, 0.5) is 5.13 Å². The lowest BCUT2D eigenvalue weighted by Gasteiger charge is -2.46. The van der Waals surface area contributed by atoms with E-state index in [0.717, 1.165) is 54.2 Å². The predicted molar refractivity (Wildman–Crippen MR) is 255 cm³/mol. The highest BCUT2D eigenvalue weighted by Gasteiger charge is 2.50. The minimum atomic E-state index is -1.27. The van der Waals surface area contributed by atoms with Crippen LogP contribution in [0.15, 0.2) is 165 Å². The Morgan fingerprint density at radius 3 is 2.10 bits per heavy atom. The number of oxime groups is 1. The topological polar surface area (TPSA) is 146 Å². The predicted octanol–water partition coefficient (Wildman–Crippen LogP) is 9.85. The zero-order chi connectivity index (χ0) is 42.6. The maximum atomic E-state index is 14.7. The number of alkyl halides is 1. The summed E-state index contributed by atoms with van der Waals surface area (Å²) in [6.45, 7) is 0.0877. The average Bonchev–Trinajstić information content (AvgIpc) is 3.94. The molecule has 1 fully saturated rings. The van der Waals surface area contributed by atoms with Gasteiger partial charge in [-0.15, -0.1) is 34.4 Å². The maximum Gasteiger partial charge on any atom is 0.353 e. The molecule has 16 heteroatoms. The first-order chi connectivity index (χ1) is 30.3. The van der Waals surface area contributed by atoms with Gasteiger partial charge >= 0.3 is 5.97 Å². The third kappa shape index (κ3) is 8.49. The Labute approximate surface area is 386 Å². The molecule has 9 rings (SSSR count). The van der Waals surface area contributed by atoms with Crippen LogP contribution >= 0.6 is 68.8 Å². The Morgan fingerprint density at radius 2 is 1.50 bits per heavy atom. The van der Waals surface area contributed by atoms with Crippen molar-refractivity contribution in [2.24, 2.45) is 5.16 Å². The second-order valence-electron chi connectivity index (χ2n) is 14.2. The number of aromatic nitrogens is 2. The SMILES string of the molecule is O=C(O)C1=C(Sc2nc3cc(CI)ccc3s2)C(NC(=O)C(=NOCc2ccccc2)c2csc(NC(c3ccccc3)(c3ccccc3)c3ccccc3)n2)S[C@H]2CC(=O)N12. The van der Waals surface area contributed by atoms with Gasteiger partial charge in [-0.05, 0) is 39.9 Å². The summed E-state index contributed by atoms with van der Waals surface area (Å²) >= 11 is 7.47. The summed E-state index contributed by atoms with van der Waals surface area (Å²) in [5.41, 5.74) is 4.79. The Hall–Kier alpha value is -5.53. The number of amides is 2. The molecule has 0 radical (unpaired) electrons. The molecule has 0 aliphatic carbocycles. The number of fused-ring (bicyclic) bond motifs is 2. The number of thioether (sulfide) groups is 2. The van der Waals surface area contributed by atoms with Crippen molar-refractivity contribution in [3.8, 4) is 0 Å². The van der Waals surface area contributed by atoms with Gasteiger partial charge in [-0.3, -0.25) is 14.5 Å². The quantitative estimate of drug-likeness (QED) is 0.0227. The second-order valence-corrected chi connectivity index (χ2v) is 19.4. The number of hydrogen-bond acceptors (Lipinski definition) is 12. The first kappa shape index (κ1) is 41.8. The van der Waals surface area contributed by atoms with Crippen molar-refractivity contribution in [2.45, 2.75) is 38.1 Å². The van der Waals surface area contributed by atoms with Gasteiger partial charge in [-0.25, -0.2) is 14.8 Å². The van der Waals surface area contributed by atoms with Crippen LogP contribution in [-0.2, 0) is 35.8 Å². The number of carboxylic acids is 1. The molecule has 4 heterocycles. The second kappa shape index (κ2) is 18.4. The summed E-state index contributed by atoms with van der Waals surface area (Å²) in [7, 11) is 0. The standard InChI is InChI=1S/C46H35IN6O5S4/c47-25-29-21-22-35-33(23-29)49-45(60-35)62-40-39(43(56)57)53-36(54)24-37(53)61-42(40)50-41(55)38(52-58-26-28-13-5-1-6-14-28)34-27-59-44(48-34)51-46(30-15-7-2-8-16-30,31-17-9-3-10-18-31)32-19-11-4-12-20-32/h1-23,27,37,42H,24-26H2,(H,48,51)(H,50,55)(H,56,57)/t37-,42?/m0/s1. The number of carbonyl (C=O) groups is 3. The summed E-state index contributed by atoms with van der Waals surface area (Å²) in [6, 6.07) is 45.9. The smallest absolute Gasteiger partial charge is 0.353 e. The molecule has 62 heavy (non-hydrogen) atoms. The van der Waals surface area contributed by atoms with Gasteiger partial charge in [0.15, 0.2) is 15.2 Å². The summed E-state index contributed by atoms with van der Waals surface area (Å²) in [5.74, 6) is -2.20. The van der Waals surface area contributed by atoms with Crippen molar-refractivity contribution >= 4 is 108 Å². The first-order valence-corrected chi connectivity index (χ1v) is 24.3. The van der Waals surface area contributed by atoms with E-state index < -0.39 is 28.2 Å². The average molecular weight is 1010 g/mol. The summed E-state index contributed by atoms with van der Waals surface area (Å²) in [5, 5.41) is 22.7. The number of rotatable bonds is 15. The number of nitrogens with zero attached hydrogens (tertiary/aromatic N) is 4. The molecule has 5 aromatic carbocycles. The van der Waals surface area contributed by atoms with Crippen molar-refractivity contribution in [2.75, 3.05) is 5.32 Å². The van der Waals surface area contributed by atoms with Crippen molar-refractivity contribution in [1.82, 2.24) is 20.2 Å². The molecule has 11 nitrogen and oxygen atoms in total. The van der Waals surface area contributed by atoms with Crippen LogP contribution in [0.25, 0.3) is 10.2 Å². The normalized spacial score (nSPS) is 16.4. The van der Waals surface area contributed by atoms with Crippen molar-refractivity contribution in [3.63, 3.8) is 0 Å². The molecule has 2 aromatic heterocycles. The van der Waals surface area contributed by atoms with Gasteiger partial charge in [-0.2, -0.15) is 0 Å². The number of benzene rings is 5. The maximum absolute atomic E-state index is 14.7. The number of thiazole rings is 2. The highest BCUT2D eigenvalue weighted by Crippen LogP contribution is 2.49. The lowest BCUT2D eigenvalue weighted by atomic mass is 9.77. The van der Waals surface area contributed by atoms with Crippen molar-refractivity contribution in [1.29, 1.82) is 0 Å². The lowest BCUT2D eigenvalue weighted by Crippen LogP contribution is -2.57. The van der Waals surface area contributed by atoms with E-state index in [-0.39, 0.29) is 40.9 Å². The van der Waals surface area contributed by atoms with Gasteiger partial charge in [0.2, 0.25) is 5.91 Å². The minimum Gasteiger partial charge on any atom is -0.477 e. The number of carboxylic acid groups (broad SMARTS) is 1. The van der Waals surface area contributed by atoms with E-state index in [2.05, 4.69) is 74.8 Å². The van der Waals surface area contributed by atoms with Crippen LogP contribution in [0.2, 0.25) is 0 Å². The molecule has 2 atom stereocenters. The molecule has 7 aromatic rings. The molecule has 0 bridgehead atoms. The monoisotopic (exact) mass is 1010 g/mol. The van der Waals surface area contributed by atoms with Crippen LogP contribution in [0.5, 0.6) is 0 Å². The van der Waals surface area contributed by atoms with Crippen LogP contribution in [0.1, 0.15) is 39.9 Å². The summed E-state index contributed by atoms with van der Waals surface area (Å²) in [4.78, 5) is 57.8. The lowest BCUT2D eigenvalue weighted by molar-refractivity contribution is -0.146. The fraction of sp³-hybridized carbons (Fsp3) is 0.130. The molecule has 0 saturated carbocycles. The number of anilines is 1. The van der Waals surface area contributed by atoms with Crippen LogP contribution < -0.4 is 10.6 Å². The molecule has 1 saturated heterocycles. The highest BCUT2D eigenvalue weighted by atomic mass is 127.